The van der Waals surface area contributed by atoms with Gasteiger partial charge < -0.3 is 5.32 Å². The van der Waals surface area contributed by atoms with Crippen LogP contribution >= 0.6 is 0 Å². The van der Waals surface area contributed by atoms with Crippen LogP contribution < -0.4 is 5.32 Å². The summed E-state index contributed by atoms with van der Waals surface area (Å²) in [6.45, 7) is 1.58. The van der Waals surface area contributed by atoms with Gasteiger partial charge in [-0.3, -0.25) is 0 Å². The first-order valence-electron chi connectivity index (χ1n) is 4.62. The number of hydrogen-bond donors (Lipinski definition) is 1. The van der Waals surface area contributed by atoms with Crippen LogP contribution in [-0.4, -0.2) is 19.5 Å². The molecule has 1 nitrogen and oxygen atoms in total. The van der Waals surface area contributed by atoms with Crippen molar-refractivity contribution >= 4 is 0 Å². The molecule has 0 fully saturated rings. The molecule has 0 unspecified atom stereocenters. The van der Waals surface area contributed by atoms with Crippen molar-refractivity contribution in [3.8, 4) is 0 Å². The van der Waals surface area contributed by atoms with Gasteiger partial charge in [-0.25, -0.2) is 8.78 Å². The van der Waals surface area contributed by atoms with E-state index in [9.17, 15) is 8.78 Å². The highest BCUT2D eigenvalue weighted by atomic mass is 19.3. The molecule has 14 heavy (non-hydrogen) atoms. The molecule has 0 aliphatic carbocycles. The molecule has 0 aliphatic heterocycles. The lowest BCUT2D eigenvalue weighted by atomic mass is 10.0. The van der Waals surface area contributed by atoms with Crippen LogP contribution in [0.4, 0.5) is 8.78 Å². The van der Waals surface area contributed by atoms with E-state index in [-0.39, 0.29) is 13.0 Å². The van der Waals surface area contributed by atoms with Crippen molar-refractivity contribution in [2.45, 2.75) is 19.3 Å². The van der Waals surface area contributed by atoms with E-state index in [0.717, 1.165) is 5.56 Å². The molecule has 1 N–H and O–H groups in total. The zero-order valence-electron chi connectivity index (χ0n) is 8.48. The van der Waals surface area contributed by atoms with Gasteiger partial charge in [0.15, 0.2) is 0 Å². The number of alkyl halides is 2. The Morgan fingerprint density at radius 2 is 1.93 bits per heavy atom. The number of benzene rings is 1. The van der Waals surface area contributed by atoms with E-state index >= 15 is 0 Å². The molecular formula is C11H15F2N. The molecule has 0 amide bonds. The molecule has 0 radical (unpaired) electrons. The third kappa shape index (κ3) is 3.07. The lowest BCUT2D eigenvalue weighted by Crippen LogP contribution is -2.32. The Balaban J connectivity index is 2.73. The molecule has 0 atom stereocenters. The topological polar surface area (TPSA) is 12.0 Å². The molecule has 1 rings (SSSR count). The highest BCUT2D eigenvalue weighted by Gasteiger charge is 2.28. The Kier molecular flexibility index (Phi) is 3.58. The van der Waals surface area contributed by atoms with E-state index in [4.69, 9.17) is 0 Å². The van der Waals surface area contributed by atoms with Gasteiger partial charge in [-0.2, -0.15) is 0 Å². The highest BCUT2D eigenvalue weighted by Crippen LogP contribution is 2.21. The number of hydrogen-bond acceptors (Lipinski definition) is 1. The molecule has 0 saturated carbocycles. The van der Waals surface area contributed by atoms with Crippen molar-refractivity contribution in [1.82, 2.24) is 5.32 Å². The van der Waals surface area contributed by atoms with E-state index in [1.54, 1.807) is 12.1 Å². The number of nitrogens with one attached hydrogen (secondary N) is 1. The van der Waals surface area contributed by atoms with Crippen molar-refractivity contribution in [1.29, 1.82) is 0 Å². The van der Waals surface area contributed by atoms with E-state index in [1.165, 1.54) is 7.05 Å². The molecule has 0 spiro atoms. The predicted molar refractivity (Wildman–Crippen MR) is 53.8 cm³/mol. The Morgan fingerprint density at radius 1 is 1.29 bits per heavy atom. The van der Waals surface area contributed by atoms with Gasteiger partial charge in [0.05, 0.1) is 6.54 Å². The third-order valence-corrected chi connectivity index (χ3v) is 2.15. The summed E-state index contributed by atoms with van der Waals surface area (Å²) in [5.74, 6) is -2.67. The second-order valence-electron chi connectivity index (χ2n) is 3.49. The van der Waals surface area contributed by atoms with Crippen LogP contribution in [0, 0.1) is 6.92 Å². The van der Waals surface area contributed by atoms with Crippen LogP contribution in [-0.2, 0) is 6.42 Å². The molecule has 78 valence electrons. The summed E-state index contributed by atoms with van der Waals surface area (Å²) >= 11 is 0. The molecule has 0 heterocycles. The Hall–Kier alpha value is -0.960. The standard InChI is InChI=1S/C11H15F2N/c1-9-5-3-4-6-10(9)7-11(12,13)8-14-2/h3-6,14H,7-8H2,1-2H3. The summed E-state index contributed by atoms with van der Waals surface area (Å²) in [6, 6.07) is 7.25. The minimum absolute atomic E-state index is 0.194. The van der Waals surface area contributed by atoms with Gasteiger partial charge in [-0.05, 0) is 25.1 Å². The van der Waals surface area contributed by atoms with E-state index < -0.39 is 5.92 Å². The number of halogens is 2. The number of aryl methyl sites for hydroxylation is 1. The van der Waals surface area contributed by atoms with Crippen molar-refractivity contribution in [2.24, 2.45) is 0 Å². The highest BCUT2D eigenvalue weighted by molar-refractivity contribution is 5.26. The first kappa shape index (κ1) is 11.1. The van der Waals surface area contributed by atoms with Gasteiger partial charge in [0.2, 0.25) is 0 Å². The fourth-order valence-corrected chi connectivity index (χ4v) is 1.41. The Morgan fingerprint density at radius 3 is 2.50 bits per heavy atom. The lowest BCUT2D eigenvalue weighted by molar-refractivity contribution is 0.00436. The second-order valence-corrected chi connectivity index (χ2v) is 3.49. The molecule has 1 aromatic carbocycles. The fourth-order valence-electron chi connectivity index (χ4n) is 1.41. The maximum Gasteiger partial charge on any atom is 0.264 e. The van der Waals surface area contributed by atoms with Crippen LogP contribution in [0.1, 0.15) is 11.1 Å². The predicted octanol–water partition coefficient (Wildman–Crippen LogP) is 2.39. The van der Waals surface area contributed by atoms with Gasteiger partial charge in [0.1, 0.15) is 0 Å². The summed E-state index contributed by atoms with van der Waals surface area (Å²) in [6.07, 6.45) is -0.194. The first-order valence-corrected chi connectivity index (χ1v) is 4.62. The first-order chi connectivity index (χ1) is 6.55. The fraction of sp³-hybridized carbons (Fsp3) is 0.455. The average molecular weight is 199 g/mol. The second kappa shape index (κ2) is 4.51. The van der Waals surface area contributed by atoms with E-state index in [2.05, 4.69) is 5.32 Å². The zero-order chi connectivity index (χ0) is 10.6. The minimum atomic E-state index is -2.67. The largest absolute Gasteiger partial charge is 0.314 e. The summed E-state index contributed by atoms with van der Waals surface area (Å²) < 4.78 is 26.5. The molecule has 1 aromatic rings. The number of rotatable bonds is 4. The van der Waals surface area contributed by atoms with Crippen LogP contribution in [0.2, 0.25) is 0 Å². The van der Waals surface area contributed by atoms with Crippen molar-refractivity contribution in [3.05, 3.63) is 35.4 Å². The normalized spacial score (nSPS) is 11.7. The Labute approximate surface area is 83.1 Å². The van der Waals surface area contributed by atoms with Gasteiger partial charge in [-0.1, -0.05) is 24.3 Å². The van der Waals surface area contributed by atoms with Crippen molar-refractivity contribution in [2.75, 3.05) is 13.6 Å². The summed E-state index contributed by atoms with van der Waals surface area (Å²) in [5.41, 5.74) is 1.64. The lowest BCUT2D eigenvalue weighted by Gasteiger charge is -2.16. The molecule has 0 bridgehead atoms. The molecule has 0 saturated heterocycles. The summed E-state index contributed by atoms with van der Waals surface area (Å²) in [5, 5.41) is 2.50. The third-order valence-electron chi connectivity index (χ3n) is 2.15. The maximum absolute atomic E-state index is 13.2. The molecular weight excluding hydrogens is 184 g/mol. The van der Waals surface area contributed by atoms with Crippen molar-refractivity contribution < 1.29 is 8.78 Å². The monoisotopic (exact) mass is 199 g/mol. The van der Waals surface area contributed by atoms with Crippen LogP contribution in [0.25, 0.3) is 0 Å². The molecule has 3 heteroatoms. The quantitative estimate of drug-likeness (QED) is 0.785. The maximum atomic E-state index is 13.2. The Bertz CT molecular complexity index is 297. The average Bonchev–Trinajstić information content (AvgIpc) is 2.08. The van der Waals surface area contributed by atoms with Gasteiger partial charge >= 0.3 is 0 Å². The van der Waals surface area contributed by atoms with Crippen LogP contribution in [0.15, 0.2) is 24.3 Å². The summed E-state index contributed by atoms with van der Waals surface area (Å²) in [7, 11) is 1.53. The van der Waals surface area contributed by atoms with E-state index in [0.29, 0.717) is 5.56 Å². The zero-order valence-corrected chi connectivity index (χ0v) is 8.48. The van der Waals surface area contributed by atoms with Gasteiger partial charge in [0.25, 0.3) is 5.92 Å². The van der Waals surface area contributed by atoms with Gasteiger partial charge in [-0.15, -0.1) is 0 Å². The van der Waals surface area contributed by atoms with Crippen molar-refractivity contribution in [3.63, 3.8) is 0 Å². The van der Waals surface area contributed by atoms with E-state index in [1.807, 2.05) is 19.1 Å². The van der Waals surface area contributed by atoms with Crippen LogP contribution in [0.3, 0.4) is 0 Å². The van der Waals surface area contributed by atoms with Crippen LogP contribution in [0.5, 0.6) is 0 Å². The smallest absolute Gasteiger partial charge is 0.264 e. The SMILES string of the molecule is CNCC(F)(F)Cc1ccccc1C. The summed E-state index contributed by atoms with van der Waals surface area (Å²) in [4.78, 5) is 0. The van der Waals surface area contributed by atoms with Gasteiger partial charge in [0, 0.05) is 6.42 Å². The minimum Gasteiger partial charge on any atom is -0.314 e. The molecule has 0 aliphatic rings. The molecule has 0 aromatic heterocycles.